The lowest BCUT2D eigenvalue weighted by atomic mass is 9.84. The minimum Gasteiger partial charge on any atom is -0.347 e. The molecule has 3 heteroatoms. The van der Waals surface area contributed by atoms with Crippen molar-refractivity contribution in [3.8, 4) is 0 Å². The highest BCUT2D eigenvalue weighted by Crippen LogP contribution is 2.39. The first-order valence-electron chi connectivity index (χ1n) is 4.61. The number of hydrogen-bond donors (Lipinski definition) is 0. The van der Waals surface area contributed by atoms with Crippen molar-refractivity contribution < 1.29 is 14.3 Å². The summed E-state index contributed by atoms with van der Waals surface area (Å²) in [5.74, 6) is -0.561. The van der Waals surface area contributed by atoms with E-state index < -0.39 is 5.79 Å². The van der Waals surface area contributed by atoms with E-state index >= 15 is 0 Å². The molecule has 2 fully saturated rings. The Labute approximate surface area is 72.0 Å². The van der Waals surface area contributed by atoms with Gasteiger partial charge in [-0.3, -0.25) is 0 Å². The quantitative estimate of drug-likeness (QED) is 0.553. The number of aldehydes is 1. The predicted molar refractivity (Wildman–Crippen MR) is 42.7 cm³/mol. The fourth-order valence-electron chi connectivity index (χ4n) is 2.14. The highest BCUT2D eigenvalue weighted by Gasteiger charge is 2.45. The van der Waals surface area contributed by atoms with Gasteiger partial charge in [-0.05, 0) is 12.8 Å². The maximum atomic E-state index is 10.8. The van der Waals surface area contributed by atoms with Crippen LogP contribution in [0.2, 0.25) is 0 Å². The van der Waals surface area contributed by atoms with Gasteiger partial charge in [0, 0.05) is 6.42 Å². The molecule has 1 aliphatic heterocycles. The van der Waals surface area contributed by atoms with Crippen molar-refractivity contribution in [1.29, 1.82) is 0 Å². The van der Waals surface area contributed by atoms with Gasteiger partial charge in [0.05, 0.1) is 19.1 Å². The molecule has 2 aliphatic rings. The van der Waals surface area contributed by atoms with Crippen molar-refractivity contribution in [3.05, 3.63) is 0 Å². The molecule has 12 heavy (non-hydrogen) atoms. The highest BCUT2D eigenvalue weighted by molar-refractivity contribution is 5.55. The summed E-state index contributed by atoms with van der Waals surface area (Å²) in [6.45, 7) is 1.29. The zero-order valence-electron chi connectivity index (χ0n) is 7.12. The van der Waals surface area contributed by atoms with E-state index in [2.05, 4.69) is 0 Å². The average Bonchev–Trinajstić information content (AvgIpc) is 2.55. The molecule has 1 atom stereocenters. The first-order chi connectivity index (χ1) is 5.87. The second kappa shape index (κ2) is 3.15. The van der Waals surface area contributed by atoms with Crippen LogP contribution in [0.3, 0.4) is 0 Å². The van der Waals surface area contributed by atoms with E-state index in [1.165, 1.54) is 0 Å². The molecule has 1 aliphatic carbocycles. The number of carbonyl (C=O) groups is 1. The molecule has 1 saturated carbocycles. The summed E-state index contributed by atoms with van der Waals surface area (Å²) < 4.78 is 11.1. The lowest BCUT2D eigenvalue weighted by molar-refractivity contribution is -0.206. The molecule has 3 nitrogen and oxygen atoms in total. The Morgan fingerprint density at radius 2 is 2.00 bits per heavy atom. The van der Waals surface area contributed by atoms with Crippen molar-refractivity contribution in [3.63, 3.8) is 0 Å². The molecular weight excluding hydrogens is 156 g/mol. The number of hydrogen-bond acceptors (Lipinski definition) is 3. The number of carbonyl (C=O) groups excluding carboxylic acids is 1. The smallest absolute Gasteiger partial charge is 0.177 e. The Morgan fingerprint density at radius 1 is 1.25 bits per heavy atom. The van der Waals surface area contributed by atoms with Gasteiger partial charge in [0.25, 0.3) is 0 Å². The van der Waals surface area contributed by atoms with E-state index in [4.69, 9.17) is 9.47 Å². The van der Waals surface area contributed by atoms with Gasteiger partial charge in [-0.25, -0.2) is 0 Å². The van der Waals surface area contributed by atoms with Gasteiger partial charge in [0.1, 0.15) is 6.29 Å². The van der Waals surface area contributed by atoms with Gasteiger partial charge in [-0.15, -0.1) is 0 Å². The fourth-order valence-corrected chi connectivity index (χ4v) is 2.14. The van der Waals surface area contributed by atoms with Crippen LogP contribution in [0.5, 0.6) is 0 Å². The van der Waals surface area contributed by atoms with Crippen LogP contribution in [-0.2, 0) is 14.3 Å². The van der Waals surface area contributed by atoms with Gasteiger partial charge in [-0.2, -0.15) is 0 Å². The zero-order chi connectivity index (χ0) is 8.44. The summed E-state index contributed by atoms with van der Waals surface area (Å²) in [7, 11) is 0. The third-order valence-electron chi connectivity index (χ3n) is 2.80. The van der Waals surface area contributed by atoms with Crippen LogP contribution in [0.15, 0.2) is 0 Å². The Morgan fingerprint density at radius 3 is 2.67 bits per heavy atom. The molecule has 0 aromatic carbocycles. The second-order valence-corrected chi connectivity index (χ2v) is 3.50. The van der Waals surface area contributed by atoms with E-state index in [0.717, 1.165) is 32.0 Å². The van der Waals surface area contributed by atoms with Crippen molar-refractivity contribution in [2.45, 2.75) is 31.5 Å². The zero-order valence-corrected chi connectivity index (χ0v) is 7.12. The summed E-state index contributed by atoms with van der Waals surface area (Å²) in [5, 5.41) is 0. The SMILES string of the molecule is O=C[C@H]1CCCCC12OCCO2. The monoisotopic (exact) mass is 170 g/mol. The third-order valence-corrected chi connectivity index (χ3v) is 2.80. The minimum atomic E-state index is -0.528. The topological polar surface area (TPSA) is 35.5 Å². The van der Waals surface area contributed by atoms with Crippen LogP contribution in [0, 0.1) is 5.92 Å². The lowest BCUT2D eigenvalue weighted by Crippen LogP contribution is -2.42. The van der Waals surface area contributed by atoms with E-state index in [9.17, 15) is 4.79 Å². The molecule has 1 heterocycles. The third kappa shape index (κ3) is 1.17. The highest BCUT2D eigenvalue weighted by atomic mass is 16.7. The largest absolute Gasteiger partial charge is 0.347 e. The first kappa shape index (κ1) is 8.20. The number of ether oxygens (including phenoxy) is 2. The second-order valence-electron chi connectivity index (χ2n) is 3.50. The summed E-state index contributed by atoms with van der Waals surface area (Å²) in [4.78, 5) is 10.8. The van der Waals surface area contributed by atoms with Crippen LogP contribution in [0.25, 0.3) is 0 Å². The van der Waals surface area contributed by atoms with E-state index in [0.29, 0.717) is 13.2 Å². The van der Waals surface area contributed by atoms with Crippen LogP contribution >= 0.6 is 0 Å². The van der Waals surface area contributed by atoms with Crippen molar-refractivity contribution >= 4 is 6.29 Å². The summed E-state index contributed by atoms with van der Waals surface area (Å²) in [6, 6.07) is 0. The molecule has 0 aromatic heterocycles. The van der Waals surface area contributed by atoms with Crippen molar-refractivity contribution in [1.82, 2.24) is 0 Å². The molecule has 1 spiro atoms. The van der Waals surface area contributed by atoms with E-state index in [1.807, 2.05) is 0 Å². The molecule has 0 bridgehead atoms. The molecule has 0 unspecified atom stereocenters. The van der Waals surface area contributed by atoms with Crippen molar-refractivity contribution in [2.24, 2.45) is 5.92 Å². The average molecular weight is 170 g/mol. The van der Waals surface area contributed by atoms with Crippen LogP contribution in [-0.4, -0.2) is 25.3 Å². The van der Waals surface area contributed by atoms with Gasteiger partial charge in [-0.1, -0.05) is 6.42 Å². The normalized spacial score (nSPS) is 33.8. The molecule has 0 aromatic rings. The predicted octanol–water partition coefficient (Wildman–Crippen LogP) is 1.12. The lowest BCUT2D eigenvalue weighted by Gasteiger charge is -2.36. The van der Waals surface area contributed by atoms with E-state index in [1.54, 1.807) is 0 Å². The van der Waals surface area contributed by atoms with Gasteiger partial charge < -0.3 is 14.3 Å². The first-order valence-corrected chi connectivity index (χ1v) is 4.61. The van der Waals surface area contributed by atoms with Crippen LogP contribution in [0.4, 0.5) is 0 Å². The van der Waals surface area contributed by atoms with Crippen molar-refractivity contribution in [2.75, 3.05) is 13.2 Å². The van der Waals surface area contributed by atoms with Gasteiger partial charge >= 0.3 is 0 Å². The Hall–Kier alpha value is -0.410. The summed E-state index contributed by atoms with van der Waals surface area (Å²) in [6.07, 6.45) is 5.03. The number of rotatable bonds is 1. The molecule has 0 N–H and O–H groups in total. The van der Waals surface area contributed by atoms with Crippen LogP contribution in [0.1, 0.15) is 25.7 Å². The summed E-state index contributed by atoms with van der Waals surface area (Å²) >= 11 is 0. The maximum Gasteiger partial charge on any atom is 0.177 e. The Bertz CT molecular complexity index is 173. The van der Waals surface area contributed by atoms with Gasteiger partial charge in [0.15, 0.2) is 5.79 Å². The molecule has 68 valence electrons. The standard InChI is InChI=1S/C9H14O3/c10-7-8-3-1-2-4-9(8)11-5-6-12-9/h7-8H,1-6H2/t8-/m1/s1. The molecule has 1 saturated heterocycles. The summed E-state index contributed by atoms with van der Waals surface area (Å²) in [5.41, 5.74) is 0. The van der Waals surface area contributed by atoms with E-state index in [-0.39, 0.29) is 5.92 Å². The molecule has 0 radical (unpaired) electrons. The maximum absolute atomic E-state index is 10.8. The van der Waals surface area contributed by atoms with Gasteiger partial charge in [0.2, 0.25) is 0 Å². The van der Waals surface area contributed by atoms with Crippen LogP contribution < -0.4 is 0 Å². The fraction of sp³-hybridized carbons (Fsp3) is 0.889. The Kier molecular flexibility index (Phi) is 2.15. The molecule has 2 rings (SSSR count). The molecule has 0 amide bonds. The Balaban J connectivity index is 2.12. The minimum absolute atomic E-state index is 0.0336. The molecular formula is C9H14O3.